The van der Waals surface area contributed by atoms with Crippen LogP contribution >= 0.6 is 0 Å². The van der Waals surface area contributed by atoms with Gasteiger partial charge in [-0.15, -0.1) is 0 Å². The number of nitrogens with zero attached hydrogens (tertiary/aromatic N) is 4. The van der Waals surface area contributed by atoms with Crippen molar-refractivity contribution in [3.05, 3.63) is 87.6 Å². The molecular formula is C25H25N5O4. The average Bonchev–Trinajstić information content (AvgIpc) is 3.14. The van der Waals surface area contributed by atoms with Gasteiger partial charge >= 0.3 is 5.97 Å². The third-order valence-corrected chi connectivity index (χ3v) is 5.61. The molecule has 0 saturated carbocycles. The Labute approximate surface area is 196 Å². The fourth-order valence-electron chi connectivity index (χ4n) is 4.03. The van der Waals surface area contributed by atoms with Crippen LogP contribution in [-0.2, 0) is 16.6 Å². The van der Waals surface area contributed by atoms with E-state index in [0.29, 0.717) is 27.7 Å². The number of rotatable bonds is 6. The molecule has 0 spiro atoms. The Morgan fingerprint density at radius 1 is 1.00 bits per heavy atom. The van der Waals surface area contributed by atoms with Crippen molar-refractivity contribution in [2.45, 2.75) is 26.8 Å². The lowest BCUT2D eigenvalue weighted by Gasteiger charge is -2.19. The van der Waals surface area contributed by atoms with Crippen LogP contribution in [0.2, 0.25) is 0 Å². The summed E-state index contributed by atoms with van der Waals surface area (Å²) in [6.45, 7) is 5.46. The van der Waals surface area contributed by atoms with Crippen molar-refractivity contribution >= 4 is 22.6 Å². The Hall–Kier alpha value is -4.27. The van der Waals surface area contributed by atoms with Gasteiger partial charge in [-0.1, -0.05) is 36.4 Å². The quantitative estimate of drug-likeness (QED) is 0.444. The van der Waals surface area contributed by atoms with E-state index in [9.17, 15) is 14.4 Å². The van der Waals surface area contributed by atoms with Crippen molar-refractivity contribution in [3.8, 4) is 5.69 Å². The highest BCUT2D eigenvalue weighted by molar-refractivity contribution is 6.06. The minimum atomic E-state index is -1.11. The smallest absolute Gasteiger partial charge is 0.333 e. The van der Waals surface area contributed by atoms with Crippen LogP contribution in [0.3, 0.4) is 0 Å². The van der Waals surface area contributed by atoms with Gasteiger partial charge in [-0.3, -0.25) is 9.59 Å². The van der Waals surface area contributed by atoms with Crippen molar-refractivity contribution in [1.82, 2.24) is 24.9 Å². The molecule has 2 aromatic heterocycles. The Kier molecular flexibility index (Phi) is 6.27. The van der Waals surface area contributed by atoms with Gasteiger partial charge in [0.05, 0.1) is 23.4 Å². The van der Waals surface area contributed by atoms with Crippen LogP contribution < -0.4 is 10.9 Å². The molecule has 1 unspecified atom stereocenters. The van der Waals surface area contributed by atoms with Crippen LogP contribution in [0.5, 0.6) is 0 Å². The molecule has 0 aliphatic rings. The summed E-state index contributed by atoms with van der Waals surface area (Å²) < 4.78 is 8.12. The van der Waals surface area contributed by atoms with E-state index in [0.717, 1.165) is 10.4 Å². The summed E-state index contributed by atoms with van der Waals surface area (Å²) >= 11 is 0. The Bertz CT molecular complexity index is 1440. The average molecular weight is 460 g/mol. The van der Waals surface area contributed by atoms with Crippen molar-refractivity contribution in [1.29, 1.82) is 0 Å². The highest BCUT2D eigenvalue weighted by Crippen LogP contribution is 2.26. The van der Waals surface area contributed by atoms with E-state index in [1.54, 1.807) is 42.8 Å². The molecule has 0 fully saturated rings. The molecule has 2 aromatic carbocycles. The summed E-state index contributed by atoms with van der Waals surface area (Å²) in [6, 6.07) is 15.1. The van der Waals surface area contributed by atoms with Gasteiger partial charge in [0.25, 0.3) is 11.5 Å². The number of hydrogen-bond donors (Lipinski definition) is 1. The molecule has 1 atom stereocenters. The number of nitrogens with one attached hydrogen (secondary N) is 1. The van der Waals surface area contributed by atoms with E-state index in [2.05, 4.69) is 15.5 Å². The van der Waals surface area contributed by atoms with Gasteiger partial charge in [0.15, 0.2) is 11.7 Å². The van der Waals surface area contributed by atoms with Crippen LogP contribution in [0.4, 0.5) is 0 Å². The van der Waals surface area contributed by atoms with Crippen molar-refractivity contribution in [2.24, 2.45) is 7.05 Å². The molecule has 0 radical (unpaired) electrons. The molecule has 1 amide bonds. The predicted octanol–water partition coefficient (Wildman–Crippen LogP) is 2.77. The molecular weight excluding hydrogens is 434 g/mol. The second-order valence-corrected chi connectivity index (χ2v) is 7.81. The van der Waals surface area contributed by atoms with Gasteiger partial charge in [0.2, 0.25) is 0 Å². The Morgan fingerprint density at radius 2 is 1.65 bits per heavy atom. The number of amides is 1. The predicted molar refractivity (Wildman–Crippen MR) is 127 cm³/mol. The number of aromatic nitrogens is 4. The first-order chi connectivity index (χ1) is 16.3. The topological polar surface area (TPSA) is 108 Å². The number of carbonyl (C=O) groups excluding carboxylic acids is 2. The van der Waals surface area contributed by atoms with E-state index in [1.165, 1.54) is 7.05 Å². The van der Waals surface area contributed by atoms with E-state index in [-0.39, 0.29) is 17.9 Å². The van der Waals surface area contributed by atoms with Crippen LogP contribution in [0.1, 0.15) is 40.4 Å². The number of carbonyl (C=O) groups is 2. The first-order valence-corrected chi connectivity index (χ1v) is 10.9. The highest BCUT2D eigenvalue weighted by Gasteiger charge is 2.31. The lowest BCUT2D eigenvalue weighted by molar-refractivity contribution is -0.145. The maximum absolute atomic E-state index is 13.4. The number of esters is 1. The summed E-state index contributed by atoms with van der Waals surface area (Å²) in [5.41, 5.74) is 2.37. The van der Waals surface area contributed by atoms with Crippen molar-refractivity contribution in [2.75, 3.05) is 6.61 Å². The molecule has 2 heterocycles. The van der Waals surface area contributed by atoms with Crippen molar-refractivity contribution in [3.63, 3.8) is 0 Å². The minimum Gasteiger partial charge on any atom is -0.464 e. The number of benzene rings is 2. The molecule has 0 saturated heterocycles. The summed E-state index contributed by atoms with van der Waals surface area (Å²) in [5, 5.41) is 12.3. The lowest BCUT2D eigenvalue weighted by Crippen LogP contribution is -2.37. The van der Waals surface area contributed by atoms with Gasteiger partial charge in [0, 0.05) is 23.7 Å². The molecule has 0 bridgehead atoms. The second kappa shape index (κ2) is 9.30. The minimum absolute atomic E-state index is 0.0396. The fraction of sp³-hybridized carbons (Fsp3) is 0.240. The van der Waals surface area contributed by atoms with Crippen LogP contribution in [0.15, 0.2) is 59.4 Å². The molecule has 9 nitrogen and oxygen atoms in total. The SMILES string of the molecule is CCOC(=O)C(NC(=O)c1nn(C)c(=O)c2ccccc12)c1c(C)nn(-c2ccccc2)c1C. The maximum atomic E-state index is 13.4. The molecule has 34 heavy (non-hydrogen) atoms. The zero-order chi connectivity index (χ0) is 24.4. The number of fused-ring (bicyclic) bond motifs is 1. The summed E-state index contributed by atoms with van der Waals surface area (Å²) in [6.07, 6.45) is 0. The van der Waals surface area contributed by atoms with E-state index in [4.69, 9.17) is 4.74 Å². The molecule has 4 rings (SSSR count). The van der Waals surface area contributed by atoms with Gasteiger partial charge in [0.1, 0.15) is 0 Å². The summed E-state index contributed by atoms with van der Waals surface area (Å²) in [4.78, 5) is 38.8. The lowest BCUT2D eigenvalue weighted by atomic mass is 10.0. The molecule has 0 aliphatic heterocycles. The third-order valence-electron chi connectivity index (χ3n) is 5.61. The van der Waals surface area contributed by atoms with E-state index < -0.39 is 17.9 Å². The van der Waals surface area contributed by atoms with Gasteiger partial charge in [-0.25, -0.2) is 14.2 Å². The summed E-state index contributed by atoms with van der Waals surface area (Å²) in [5.74, 6) is -1.21. The zero-order valence-electron chi connectivity index (χ0n) is 19.4. The third kappa shape index (κ3) is 4.07. The van der Waals surface area contributed by atoms with Gasteiger partial charge in [-0.05, 0) is 39.0 Å². The van der Waals surface area contributed by atoms with E-state index >= 15 is 0 Å². The largest absolute Gasteiger partial charge is 0.464 e. The molecule has 4 aromatic rings. The van der Waals surface area contributed by atoms with Crippen LogP contribution in [0, 0.1) is 13.8 Å². The number of ether oxygens (including phenoxy) is 1. The standard InChI is InChI=1S/C25H25N5O4/c1-5-34-25(33)22(20-15(2)27-30(16(20)3)17-11-7-6-8-12-17)26-23(31)21-18-13-9-10-14-19(18)24(32)29(4)28-21/h6-14,22H,5H2,1-4H3,(H,26,31). The van der Waals surface area contributed by atoms with Crippen LogP contribution in [-0.4, -0.2) is 38.0 Å². The molecule has 174 valence electrons. The molecule has 9 heteroatoms. The monoisotopic (exact) mass is 459 g/mol. The first kappa shape index (κ1) is 22.9. The van der Waals surface area contributed by atoms with Gasteiger partial charge in [-0.2, -0.15) is 10.2 Å². The van der Waals surface area contributed by atoms with Crippen molar-refractivity contribution < 1.29 is 14.3 Å². The molecule has 0 aliphatic carbocycles. The number of aryl methyl sites for hydroxylation is 2. The highest BCUT2D eigenvalue weighted by atomic mass is 16.5. The number of hydrogen-bond acceptors (Lipinski definition) is 6. The van der Waals surface area contributed by atoms with Gasteiger partial charge < -0.3 is 10.1 Å². The summed E-state index contributed by atoms with van der Waals surface area (Å²) in [7, 11) is 1.48. The zero-order valence-corrected chi connectivity index (χ0v) is 19.4. The molecule has 1 N–H and O–H groups in total. The second-order valence-electron chi connectivity index (χ2n) is 7.81. The normalized spacial score (nSPS) is 11.9. The Morgan fingerprint density at radius 3 is 2.32 bits per heavy atom. The van der Waals surface area contributed by atoms with E-state index in [1.807, 2.05) is 37.3 Å². The Balaban J connectivity index is 1.79. The van der Waals surface area contributed by atoms with Crippen LogP contribution in [0.25, 0.3) is 16.5 Å². The first-order valence-electron chi connectivity index (χ1n) is 10.9. The fourth-order valence-corrected chi connectivity index (χ4v) is 4.03. The maximum Gasteiger partial charge on any atom is 0.333 e. The number of para-hydroxylation sites is 1.